The Labute approximate surface area is 106 Å². The van der Waals surface area contributed by atoms with E-state index in [1.165, 1.54) is 12.1 Å². The molecule has 18 heavy (non-hydrogen) atoms. The van der Waals surface area contributed by atoms with Crippen molar-refractivity contribution in [1.82, 2.24) is 4.72 Å². The predicted molar refractivity (Wildman–Crippen MR) is 67.1 cm³/mol. The van der Waals surface area contributed by atoms with Crippen LogP contribution in [0.15, 0.2) is 24.3 Å². The van der Waals surface area contributed by atoms with Gasteiger partial charge in [0.15, 0.2) is 0 Å². The molecule has 6 nitrogen and oxygen atoms in total. The topological polar surface area (TPSA) is 84.5 Å². The van der Waals surface area contributed by atoms with E-state index in [1.807, 2.05) is 0 Å². The van der Waals surface area contributed by atoms with Gasteiger partial charge in [0.2, 0.25) is 0 Å². The Kier molecular flexibility index (Phi) is 4.57. The smallest absolute Gasteiger partial charge is 0.422 e. The molecule has 1 rings (SSSR count). The SMILES string of the molecule is C#Cc1cccc(NS(=O)(=O)NC(=O)OCC)c1. The van der Waals surface area contributed by atoms with Crippen LogP contribution in [0.1, 0.15) is 12.5 Å². The summed E-state index contributed by atoms with van der Waals surface area (Å²) >= 11 is 0. The number of hydrogen-bond acceptors (Lipinski definition) is 4. The first kappa shape index (κ1) is 13.9. The molecule has 0 heterocycles. The minimum Gasteiger partial charge on any atom is -0.449 e. The molecule has 0 radical (unpaired) electrons. The summed E-state index contributed by atoms with van der Waals surface area (Å²) in [6.07, 6.45) is 4.14. The Morgan fingerprint density at radius 1 is 1.50 bits per heavy atom. The van der Waals surface area contributed by atoms with Crippen molar-refractivity contribution in [3.05, 3.63) is 29.8 Å². The van der Waals surface area contributed by atoms with Crippen molar-refractivity contribution in [1.29, 1.82) is 0 Å². The third kappa shape index (κ3) is 4.35. The normalized spacial score (nSPS) is 10.2. The minimum atomic E-state index is -4.02. The summed E-state index contributed by atoms with van der Waals surface area (Å²) in [5, 5.41) is 0. The van der Waals surface area contributed by atoms with E-state index < -0.39 is 16.3 Å². The van der Waals surface area contributed by atoms with E-state index in [0.29, 0.717) is 5.56 Å². The summed E-state index contributed by atoms with van der Waals surface area (Å²) in [5.74, 6) is 2.37. The van der Waals surface area contributed by atoms with Gasteiger partial charge in [-0.3, -0.25) is 4.72 Å². The van der Waals surface area contributed by atoms with Crippen LogP contribution in [0.3, 0.4) is 0 Å². The van der Waals surface area contributed by atoms with Crippen molar-refractivity contribution in [2.75, 3.05) is 11.3 Å². The number of ether oxygens (including phenoxy) is 1. The number of carbonyl (C=O) groups excluding carboxylic acids is 1. The van der Waals surface area contributed by atoms with Crippen molar-refractivity contribution < 1.29 is 17.9 Å². The van der Waals surface area contributed by atoms with Crippen LogP contribution in [-0.2, 0) is 14.9 Å². The first-order valence-electron chi connectivity index (χ1n) is 5.01. The lowest BCUT2D eigenvalue weighted by Crippen LogP contribution is -2.35. The highest BCUT2D eigenvalue weighted by atomic mass is 32.2. The molecule has 0 aliphatic carbocycles. The van der Waals surface area contributed by atoms with Gasteiger partial charge in [0.1, 0.15) is 0 Å². The molecule has 0 atom stereocenters. The lowest BCUT2D eigenvalue weighted by molar-refractivity contribution is 0.159. The lowest BCUT2D eigenvalue weighted by Gasteiger charge is -2.09. The number of rotatable bonds is 4. The van der Waals surface area contributed by atoms with Crippen molar-refractivity contribution >= 4 is 22.0 Å². The summed E-state index contributed by atoms with van der Waals surface area (Å²) in [6, 6.07) is 6.21. The molecule has 0 saturated carbocycles. The molecular formula is C11H12N2O4S. The van der Waals surface area contributed by atoms with Gasteiger partial charge in [-0.15, -0.1) is 6.42 Å². The van der Waals surface area contributed by atoms with Crippen LogP contribution in [0.2, 0.25) is 0 Å². The van der Waals surface area contributed by atoms with E-state index in [4.69, 9.17) is 6.42 Å². The van der Waals surface area contributed by atoms with Crippen LogP contribution in [0.25, 0.3) is 0 Å². The van der Waals surface area contributed by atoms with Crippen LogP contribution >= 0.6 is 0 Å². The van der Waals surface area contributed by atoms with Gasteiger partial charge in [-0.2, -0.15) is 8.42 Å². The van der Waals surface area contributed by atoms with Gasteiger partial charge in [0, 0.05) is 5.56 Å². The zero-order valence-electron chi connectivity index (χ0n) is 9.64. The highest BCUT2D eigenvalue weighted by Crippen LogP contribution is 2.10. The summed E-state index contributed by atoms with van der Waals surface area (Å²) in [7, 11) is -4.02. The molecule has 2 N–H and O–H groups in total. The molecule has 0 fully saturated rings. The number of terminal acetylenes is 1. The second-order valence-corrected chi connectivity index (χ2v) is 4.57. The fourth-order valence-corrected chi connectivity index (χ4v) is 1.89. The fraction of sp³-hybridized carbons (Fsp3) is 0.182. The average molecular weight is 268 g/mol. The van der Waals surface area contributed by atoms with E-state index in [9.17, 15) is 13.2 Å². The van der Waals surface area contributed by atoms with Crippen LogP contribution in [0.4, 0.5) is 10.5 Å². The fourth-order valence-electron chi connectivity index (χ4n) is 1.12. The first-order valence-corrected chi connectivity index (χ1v) is 6.49. The van der Waals surface area contributed by atoms with Crippen LogP contribution in [0, 0.1) is 12.3 Å². The quantitative estimate of drug-likeness (QED) is 0.800. The maximum absolute atomic E-state index is 11.5. The van der Waals surface area contributed by atoms with Crippen LogP contribution < -0.4 is 9.44 Å². The molecule has 0 aliphatic heterocycles. The number of carbonyl (C=O) groups is 1. The molecule has 0 aliphatic rings. The number of anilines is 1. The van der Waals surface area contributed by atoms with E-state index in [1.54, 1.807) is 23.8 Å². The average Bonchev–Trinajstić information content (AvgIpc) is 2.28. The molecule has 0 unspecified atom stereocenters. The van der Waals surface area contributed by atoms with Gasteiger partial charge in [-0.05, 0) is 25.1 Å². The second-order valence-electron chi connectivity index (χ2n) is 3.15. The largest absolute Gasteiger partial charge is 0.449 e. The molecular weight excluding hydrogens is 256 g/mol. The number of benzene rings is 1. The van der Waals surface area contributed by atoms with Crippen molar-refractivity contribution in [3.63, 3.8) is 0 Å². The van der Waals surface area contributed by atoms with Gasteiger partial charge in [0.05, 0.1) is 12.3 Å². The third-order valence-electron chi connectivity index (χ3n) is 1.77. The highest BCUT2D eigenvalue weighted by Gasteiger charge is 2.14. The summed E-state index contributed by atoms with van der Waals surface area (Å²) < 4.78 is 31.3. The summed E-state index contributed by atoms with van der Waals surface area (Å²) in [5.41, 5.74) is 0.772. The molecule has 0 spiro atoms. The van der Waals surface area contributed by atoms with E-state index in [0.717, 1.165) is 0 Å². The predicted octanol–water partition coefficient (Wildman–Crippen LogP) is 1.07. The Balaban J connectivity index is 2.77. The third-order valence-corrected chi connectivity index (χ3v) is 2.71. The molecule has 96 valence electrons. The molecule has 0 saturated heterocycles. The Morgan fingerprint density at radius 3 is 2.83 bits per heavy atom. The minimum absolute atomic E-state index is 0.0773. The van der Waals surface area contributed by atoms with E-state index >= 15 is 0 Å². The molecule has 1 amide bonds. The van der Waals surface area contributed by atoms with Crippen LogP contribution in [-0.4, -0.2) is 21.1 Å². The van der Waals surface area contributed by atoms with Crippen molar-refractivity contribution in [2.24, 2.45) is 0 Å². The van der Waals surface area contributed by atoms with Crippen molar-refractivity contribution in [3.8, 4) is 12.3 Å². The van der Waals surface area contributed by atoms with Gasteiger partial charge in [-0.1, -0.05) is 12.0 Å². The maximum atomic E-state index is 11.5. The van der Waals surface area contributed by atoms with Gasteiger partial charge < -0.3 is 4.74 Å². The zero-order chi connectivity index (χ0) is 13.6. The van der Waals surface area contributed by atoms with Gasteiger partial charge in [0.25, 0.3) is 0 Å². The number of hydrogen-bond donors (Lipinski definition) is 2. The summed E-state index contributed by atoms with van der Waals surface area (Å²) in [6.45, 7) is 1.64. The Bertz CT molecular complexity index is 575. The Morgan fingerprint density at radius 2 is 2.22 bits per heavy atom. The highest BCUT2D eigenvalue weighted by molar-refractivity contribution is 7.91. The molecule has 0 bridgehead atoms. The molecule has 0 aromatic heterocycles. The first-order chi connectivity index (χ1) is 8.46. The zero-order valence-corrected chi connectivity index (χ0v) is 10.5. The van der Waals surface area contributed by atoms with E-state index in [2.05, 4.69) is 15.4 Å². The van der Waals surface area contributed by atoms with Gasteiger partial charge >= 0.3 is 16.3 Å². The molecule has 7 heteroatoms. The second kappa shape index (κ2) is 5.93. The van der Waals surface area contributed by atoms with Crippen molar-refractivity contribution in [2.45, 2.75) is 6.92 Å². The maximum Gasteiger partial charge on any atom is 0.422 e. The Hall–Kier alpha value is -2.20. The number of nitrogens with one attached hydrogen (secondary N) is 2. The monoisotopic (exact) mass is 268 g/mol. The summed E-state index contributed by atoms with van der Waals surface area (Å²) in [4.78, 5) is 11.0. The number of amides is 1. The van der Waals surface area contributed by atoms with Crippen LogP contribution in [0.5, 0.6) is 0 Å². The standard InChI is InChI=1S/C11H12N2O4S/c1-3-9-6-5-7-10(8-9)12-18(15,16)13-11(14)17-4-2/h1,5-8,12H,4H2,2H3,(H,13,14). The van der Waals surface area contributed by atoms with E-state index in [-0.39, 0.29) is 12.3 Å². The molecule has 1 aromatic carbocycles. The lowest BCUT2D eigenvalue weighted by atomic mass is 10.2. The van der Waals surface area contributed by atoms with Gasteiger partial charge in [-0.25, -0.2) is 9.52 Å². The molecule has 1 aromatic rings.